The molecule has 1 amide bonds. The molecule has 0 aromatic carbocycles. The van der Waals surface area contributed by atoms with Crippen molar-refractivity contribution in [3.05, 3.63) is 27.5 Å². The maximum atomic E-state index is 10.9. The quantitative estimate of drug-likeness (QED) is 0.556. The Kier molecular flexibility index (Phi) is 2.53. The molecule has 14 heavy (non-hydrogen) atoms. The van der Waals surface area contributed by atoms with Crippen molar-refractivity contribution in [3.63, 3.8) is 0 Å². The highest BCUT2D eigenvalue weighted by Crippen LogP contribution is 2.14. The number of carbonyl (C=O) groups excluding carboxylic acids is 1. The molecule has 6 nitrogen and oxygen atoms in total. The molecule has 0 radical (unpaired) electrons. The van der Waals surface area contributed by atoms with Crippen molar-refractivity contribution in [2.75, 3.05) is 0 Å². The number of amides is 1. The monoisotopic (exact) mass is 193 g/mol. The van der Waals surface area contributed by atoms with E-state index in [4.69, 9.17) is 16.1 Å². The predicted octanol–water partition coefficient (Wildman–Crippen LogP) is -1.02. The molecule has 6 heteroatoms. The van der Waals surface area contributed by atoms with Gasteiger partial charge in [-0.1, -0.05) is 0 Å². The maximum absolute atomic E-state index is 10.9. The minimum Gasteiger partial charge on any atom is -0.494 e. The zero-order chi connectivity index (χ0) is 10.7. The van der Waals surface area contributed by atoms with Crippen molar-refractivity contribution >= 4 is 5.91 Å². The molecule has 1 aromatic rings. The number of hydrogen-bond acceptors (Lipinski definition) is 4. The average Bonchev–Trinajstić information content (AvgIpc) is 2.01. The van der Waals surface area contributed by atoms with Gasteiger partial charge in [0.1, 0.15) is 11.6 Å². The van der Waals surface area contributed by atoms with Gasteiger partial charge in [-0.2, -0.15) is 5.26 Å². The van der Waals surface area contributed by atoms with Gasteiger partial charge in [0.2, 0.25) is 11.8 Å². The number of nitrogens with one attached hydrogen (secondary N) is 1. The smallest absolute Gasteiger partial charge is 0.251 e. The molecule has 72 valence electrons. The SMILES string of the molecule is N#Cc1c(CC(N)=O)cc(=O)[nH]c1O. The van der Waals surface area contributed by atoms with Gasteiger partial charge in [-0.05, 0) is 5.56 Å². The van der Waals surface area contributed by atoms with E-state index < -0.39 is 17.3 Å². The Bertz CT molecular complexity index is 470. The molecule has 0 aliphatic heterocycles. The van der Waals surface area contributed by atoms with Crippen LogP contribution in [-0.2, 0) is 11.2 Å². The number of aromatic nitrogens is 1. The van der Waals surface area contributed by atoms with Gasteiger partial charge in [0.15, 0.2) is 0 Å². The summed E-state index contributed by atoms with van der Waals surface area (Å²) in [7, 11) is 0. The average molecular weight is 193 g/mol. The zero-order valence-electron chi connectivity index (χ0n) is 7.07. The van der Waals surface area contributed by atoms with E-state index in [1.54, 1.807) is 6.07 Å². The van der Waals surface area contributed by atoms with Crippen molar-refractivity contribution in [2.24, 2.45) is 5.73 Å². The predicted molar refractivity (Wildman–Crippen MR) is 46.3 cm³/mol. The lowest BCUT2D eigenvalue weighted by Crippen LogP contribution is -2.17. The van der Waals surface area contributed by atoms with Crippen LogP contribution in [0.25, 0.3) is 0 Å². The van der Waals surface area contributed by atoms with E-state index in [1.165, 1.54) is 0 Å². The van der Waals surface area contributed by atoms with Crippen molar-refractivity contribution in [1.29, 1.82) is 5.26 Å². The summed E-state index contributed by atoms with van der Waals surface area (Å²) >= 11 is 0. The summed E-state index contributed by atoms with van der Waals surface area (Å²) in [6, 6.07) is 2.73. The van der Waals surface area contributed by atoms with Crippen LogP contribution in [-0.4, -0.2) is 16.0 Å². The van der Waals surface area contributed by atoms with Gasteiger partial charge in [-0.15, -0.1) is 0 Å². The van der Waals surface area contributed by atoms with E-state index in [1.807, 2.05) is 4.98 Å². The number of nitriles is 1. The van der Waals surface area contributed by atoms with Gasteiger partial charge >= 0.3 is 0 Å². The number of carbonyl (C=O) groups is 1. The Labute approximate surface area is 78.6 Å². The largest absolute Gasteiger partial charge is 0.494 e. The van der Waals surface area contributed by atoms with E-state index in [0.717, 1.165) is 6.07 Å². The minimum absolute atomic E-state index is 0.126. The minimum atomic E-state index is -0.675. The third-order valence-electron chi connectivity index (χ3n) is 1.58. The molecular weight excluding hydrogens is 186 g/mol. The molecule has 0 saturated carbocycles. The number of aromatic hydroxyl groups is 1. The lowest BCUT2D eigenvalue weighted by atomic mass is 10.1. The first-order valence-corrected chi connectivity index (χ1v) is 3.68. The van der Waals surface area contributed by atoms with Gasteiger partial charge in [0.05, 0.1) is 6.42 Å². The second kappa shape index (κ2) is 3.62. The normalized spacial score (nSPS) is 9.36. The van der Waals surface area contributed by atoms with Crippen molar-refractivity contribution < 1.29 is 9.90 Å². The molecule has 4 N–H and O–H groups in total. The topological polar surface area (TPSA) is 120 Å². The summed E-state index contributed by atoms with van der Waals surface area (Å²) < 4.78 is 0. The van der Waals surface area contributed by atoms with Crippen molar-refractivity contribution in [1.82, 2.24) is 4.98 Å². The Morgan fingerprint density at radius 2 is 2.36 bits per heavy atom. The first-order valence-electron chi connectivity index (χ1n) is 3.68. The number of primary amides is 1. The highest BCUT2D eigenvalue weighted by atomic mass is 16.3. The van der Waals surface area contributed by atoms with Gasteiger partial charge in [0.25, 0.3) is 5.56 Å². The number of nitrogens with two attached hydrogens (primary N) is 1. The van der Waals surface area contributed by atoms with E-state index in [2.05, 4.69) is 0 Å². The van der Waals surface area contributed by atoms with Crippen LogP contribution in [0.5, 0.6) is 5.88 Å². The Hall–Kier alpha value is -2.29. The van der Waals surface area contributed by atoms with E-state index in [9.17, 15) is 9.59 Å². The van der Waals surface area contributed by atoms with Crippen LogP contribution in [0, 0.1) is 11.3 Å². The van der Waals surface area contributed by atoms with Crippen LogP contribution in [0.1, 0.15) is 11.1 Å². The summed E-state index contributed by atoms with van der Waals surface area (Å²) in [6.07, 6.45) is -0.250. The van der Waals surface area contributed by atoms with Gasteiger partial charge in [-0.25, -0.2) is 0 Å². The Morgan fingerprint density at radius 3 is 2.86 bits per heavy atom. The molecule has 0 saturated heterocycles. The second-order valence-corrected chi connectivity index (χ2v) is 2.64. The highest BCUT2D eigenvalue weighted by Gasteiger charge is 2.11. The molecule has 0 spiro atoms. The summed E-state index contributed by atoms with van der Waals surface area (Å²) in [6.45, 7) is 0. The standard InChI is InChI=1S/C8H7N3O3/c9-3-5-4(1-6(10)12)2-7(13)11-8(5)14/h2H,1H2,(H2,10,12)(H2,11,13,14). The molecule has 1 rings (SSSR count). The van der Waals surface area contributed by atoms with Gasteiger partial charge < -0.3 is 10.8 Å². The van der Waals surface area contributed by atoms with E-state index >= 15 is 0 Å². The fourth-order valence-corrected chi connectivity index (χ4v) is 1.05. The fraction of sp³-hybridized carbons (Fsp3) is 0.125. The summed E-state index contributed by atoms with van der Waals surface area (Å²) in [5.41, 5.74) is 4.31. The molecule has 1 heterocycles. The molecule has 0 aliphatic carbocycles. The lowest BCUT2D eigenvalue weighted by Gasteiger charge is -2.01. The maximum Gasteiger partial charge on any atom is 0.251 e. The molecular formula is C8H7N3O3. The number of rotatable bonds is 2. The molecule has 0 fully saturated rings. The molecule has 0 aliphatic rings. The Morgan fingerprint density at radius 1 is 1.71 bits per heavy atom. The molecule has 1 aromatic heterocycles. The van der Waals surface area contributed by atoms with Crippen LogP contribution in [0.3, 0.4) is 0 Å². The number of aromatic amines is 1. The third kappa shape index (κ3) is 1.90. The highest BCUT2D eigenvalue weighted by molar-refractivity contribution is 5.77. The Balaban J connectivity index is 3.34. The molecule has 0 unspecified atom stereocenters. The van der Waals surface area contributed by atoms with Crippen LogP contribution < -0.4 is 11.3 Å². The molecule has 0 bridgehead atoms. The second-order valence-electron chi connectivity index (χ2n) is 2.64. The van der Waals surface area contributed by atoms with Crippen molar-refractivity contribution in [3.8, 4) is 11.9 Å². The first-order chi connectivity index (χ1) is 6.54. The van der Waals surface area contributed by atoms with Crippen molar-refractivity contribution in [2.45, 2.75) is 6.42 Å². The number of nitrogens with zero attached hydrogens (tertiary/aromatic N) is 1. The van der Waals surface area contributed by atoms with E-state index in [-0.39, 0.29) is 17.5 Å². The number of H-pyrrole nitrogens is 1. The number of hydrogen-bond donors (Lipinski definition) is 3. The first kappa shape index (κ1) is 9.80. The van der Waals surface area contributed by atoms with Crippen LogP contribution in [0.4, 0.5) is 0 Å². The van der Waals surface area contributed by atoms with E-state index in [0.29, 0.717) is 0 Å². The zero-order valence-corrected chi connectivity index (χ0v) is 7.07. The summed E-state index contributed by atoms with van der Waals surface area (Å²) in [5, 5.41) is 17.8. The number of pyridine rings is 1. The van der Waals surface area contributed by atoms with Crippen LogP contribution in [0.15, 0.2) is 10.9 Å². The van der Waals surface area contributed by atoms with Crippen LogP contribution >= 0.6 is 0 Å². The van der Waals surface area contributed by atoms with Gasteiger partial charge in [-0.3, -0.25) is 14.6 Å². The van der Waals surface area contributed by atoms with Gasteiger partial charge in [0, 0.05) is 6.07 Å². The molecule has 0 atom stereocenters. The lowest BCUT2D eigenvalue weighted by molar-refractivity contribution is -0.117. The fourth-order valence-electron chi connectivity index (χ4n) is 1.05. The van der Waals surface area contributed by atoms with Crippen LogP contribution in [0.2, 0.25) is 0 Å². The summed E-state index contributed by atoms with van der Waals surface area (Å²) in [4.78, 5) is 23.5. The third-order valence-corrected chi connectivity index (χ3v) is 1.58. The summed E-state index contributed by atoms with van der Waals surface area (Å²) in [5.74, 6) is -1.22.